The summed E-state index contributed by atoms with van der Waals surface area (Å²) in [7, 11) is 0. The Labute approximate surface area is 123 Å². The number of urea groups is 1. The van der Waals surface area contributed by atoms with E-state index in [9.17, 15) is 9.59 Å². The molecule has 1 unspecified atom stereocenters. The van der Waals surface area contributed by atoms with Crippen LogP contribution in [0.5, 0.6) is 0 Å². The molecule has 2 aliphatic rings. The molecule has 20 heavy (non-hydrogen) atoms. The summed E-state index contributed by atoms with van der Waals surface area (Å²) in [4.78, 5) is 28.2. The minimum Gasteiger partial charge on any atom is -0.318 e. The van der Waals surface area contributed by atoms with Gasteiger partial charge in [-0.1, -0.05) is 6.07 Å². The first-order chi connectivity index (χ1) is 9.23. The Bertz CT molecular complexity index is 504. The molecule has 2 fully saturated rings. The van der Waals surface area contributed by atoms with Gasteiger partial charge >= 0.3 is 6.03 Å². The number of piperidine rings is 1. The summed E-state index contributed by atoms with van der Waals surface area (Å²) in [6.07, 6.45) is 3.32. The third-order valence-corrected chi connectivity index (χ3v) is 3.92. The number of nitrogens with one attached hydrogen (secondary N) is 3. The molecule has 0 spiro atoms. The lowest BCUT2D eigenvalue weighted by Gasteiger charge is -2.36. The van der Waals surface area contributed by atoms with Crippen molar-refractivity contribution in [2.45, 2.75) is 18.4 Å². The number of halogens is 1. The minimum absolute atomic E-state index is 0. The molecule has 6 nitrogen and oxygen atoms in total. The standard InChI is InChI=1S/C13H16N4O2.ClH/c18-11-13(17-12(19)16-11,9-4-7-14-8-5-9)10-3-1-2-6-15-10;/h1-3,6,9,14H,4-5,7-8H2,(H2,16,17,18,19);1H. The number of imide groups is 1. The fourth-order valence-electron chi connectivity index (χ4n) is 3.00. The van der Waals surface area contributed by atoms with Gasteiger partial charge in [0, 0.05) is 6.20 Å². The quantitative estimate of drug-likeness (QED) is 0.696. The second kappa shape index (κ2) is 5.76. The fourth-order valence-corrected chi connectivity index (χ4v) is 3.00. The highest BCUT2D eigenvalue weighted by Gasteiger charge is 2.54. The zero-order valence-electron chi connectivity index (χ0n) is 10.9. The first-order valence-electron chi connectivity index (χ1n) is 6.49. The van der Waals surface area contributed by atoms with Crippen LogP contribution in [-0.2, 0) is 10.3 Å². The smallest absolute Gasteiger partial charge is 0.318 e. The number of aromatic nitrogens is 1. The molecule has 3 amide bonds. The molecule has 0 aliphatic carbocycles. The van der Waals surface area contributed by atoms with Gasteiger partial charge in [0.25, 0.3) is 5.91 Å². The van der Waals surface area contributed by atoms with E-state index >= 15 is 0 Å². The van der Waals surface area contributed by atoms with E-state index in [1.807, 2.05) is 6.07 Å². The lowest BCUT2D eigenvalue weighted by Crippen LogP contribution is -2.53. The van der Waals surface area contributed by atoms with Gasteiger partial charge in [0.15, 0.2) is 5.54 Å². The summed E-state index contributed by atoms with van der Waals surface area (Å²) in [5.74, 6) is -0.224. The molecule has 1 aromatic rings. The maximum atomic E-state index is 12.4. The van der Waals surface area contributed by atoms with Gasteiger partial charge in [-0.05, 0) is 44.0 Å². The average Bonchev–Trinajstić information content (AvgIpc) is 2.76. The lowest BCUT2D eigenvalue weighted by molar-refractivity contribution is -0.127. The van der Waals surface area contributed by atoms with Gasteiger partial charge in [0.2, 0.25) is 0 Å². The number of rotatable bonds is 2. The fraction of sp³-hybridized carbons (Fsp3) is 0.462. The Morgan fingerprint density at radius 2 is 1.95 bits per heavy atom. The minimum atomic E-state index is -1.01. The van der Waals surface area contributed by atoms with E-state index in [-0.39, 0.29) is 24.2 Å². The van der Waals surface area contributed by atoms with Crippen molar-refractivity contribution in [1.82, 2.24) is 20.9 Å². The third-order valence-electron chi connectivity index (χ3n) is 3.92. The van der Waals surface area contributed by atoms with Crippen LogP contribution in [0.2, 0.25) is 0 Å². The van der Waals surface area contributed by atoms with Crippen LogP contribution in [0.4, 0.5) is 4.79 Å². The zero-order valence-corrected chi connectivity index (χ0v) is 11.7. The van der Waals surface area contributed by atoms with E-state index in [0.717, 1.165) is 25.9 Å². The van der Waals surface area contributed by atoms with Crippen molar-refractivity contribution < 1.29 is 9.59 Å². The van der Waals surface area contributed by atoms with Crippen molar-refractivity contribution >= 4 is 24.3 Å². The number of hydrogen-bond acceptors (Lipinski definition) is 4. The predicted octanol–water partition coefficient (Wildman–Crippen LogP) is 0.538. The second-order valence-corrected chi connectivity index (χ2v) is 4.96. The van der Waals surface area contributed by atoms with Crippen LogP contribution in [0.3, 0.4) is 0 Å². The molecule has 108 valence electrons. The number of nitrogens with zero attached hydrogens (tertiary/aromatic N) is 1. The summed E-state index contributed by atoms with van der Waals surface area (Å²) in [6, 6.07) is 5.00. The highest BCUT2D eigenvalue weighted by Crippen LogP contribution is 2.36. The first-order valence-corrected chi connectivity index (χ1v) is 6.49. The van der Waals surface area contributed by atoms with Crippen LogP contribution in [0.15, 0.2) is 24.4 Å². The molecular weight excluding hydrogens is 280 g/mol. The molecule has 7 heteroatoms. The third kappa shape index (κ3) is 2.25. The van der Waals surface area contributed by atoms with Crippen molar-refractivity contribution in [3.05, 3.63) is 30.1 Å². The molecular formula is C13H17ClN4O2. The van der Waals surface area contributed by atoms with Gasteiger partial charge in [0.05, 0.1) is 5.69 Å². The van der Waals surface area contributed by atoms with E-state index in [1.165, 1.54) is 0 Å². The van der Waals surface area contributed by atoms with Crippen LogP contribution >= 0.6 is 12.4 Å². The molecule has 2 saturated heterocycles. The van der Waals surface area contributed by atoms with Crippen LogP contribution in [0.1, 0.15) is 18.5 Å². The van der Waals surface area contributed by atoms with Crippen molar-refractivity contribution in [2.24, 2.45) is 5.92 Å². The maximum absolute atomic E-state index is 12.4. The molecule has 0 radical (unpaired) electrons. The highest BCUT2D eigenvalue weighted by molar-refractivity contribution is 6.07. The van der Waals surface area contributed by atoms with Gasteiger partial charge in [-0.3, -0.25) is 15.1 Å². The summed E-state index contributed by atoms with van der Waals surface area (Å²) < 4.78 is 0. The summed E-state index contributed by atoms with van der Waals surface area (Å²) in [5, 5.41) is 8.44. The Balaban J connectivity index is 0.00000147. The maximum Gasteiger partial charge on any atom is 0.322 e. The second-order valence-electron chi connectivity index (χ2n) is 4.96. The van der Waals surface area contributed by atoms with Gasteiger partial charge in [-0.2, -0.15) is 0 Å². The van der Waals surface area contributed by atoms with Crippen LogP contribution in [0.25, 0.3) is 0 Å². The number of carbonyl (C=O) groups excluding carboxylic acids is 2. The summed E-state index contributed by atoms with van der Waals surface area (Å²) >= 11 is 0. The number of amides is 3. The zero-order chi connectivity index (χ0) is 13.3. The van der Waals surface area contributed by atoms with Crippen molar-refractivity contribution in [1.29, 1.82) is 0 Å². The van der Waals surface area contributed by atoms with E-state index in [0.29, 0.717) is 5.69 Å². The number of carbonyl (C=O) groups is 2. The van der Waals surface area contributed by atoms with Gasteiger partial charge < -0.3 is 10.6 Å². The van der Waals surface area contributed by atoms with Crippen molar-refractivity contribution in [3.63, 3.8) is 0 Å². The lowest BCUT2D eigenvalue weighted by atomic mass is 9.75. The van der Waals surface area contributed by atoms with E-state index in [1.54, 1.807) is 18.3 Å². The largest absolute Gasteiger partial charge is 0.322 e. The molecule has 0 bridgehead atoms. The monoisotopic (exact) mass is 296 g/mol. The molecule has 0 saturated carbocycles. The summed E-state index contributed by atoms with van der Waals surface area (Å²) in [6.45, 7) is 1.70. The van der Waals surface area contributed by atoms with Crippen LogP contribution in [0, 0.1) is 5.92 Å². The highest BCUT2D eigenvalue weighted by atomic mass is 35.5. The molecule has 1 aromatic heterocycles. The SMILES string of the molecule is Cl.O=C1NC(=O)C(c2ccccn2)(C2CCNCC2)N1. The average molecular weight is 297 g/mol. The predicted molar refractivity (Wildman–Crippen MR) is 75.4 cm³/mol. The Morgan fingerprint density at radius 1 is 1.20 bits per heavy atom. The van der Waals surface area contributed by atoms with Crippen molar-refractivity contribution in [3.8, 4) is 0 Å². The van der Waals surface area contributed by atoms with E-state index in [4.69, 9.17) is 0 Å². The molecule has 1 atom stereocenters. The van der Waals surface area contributed by atoms with Crippen LogP contribution in [-0.4, -0.2) is 30.0 Å². The van der Waals surface area contributed by atoms with E-state index in [2.05, 4.69) is 20.9 Å². The van der Waals surface area contributed by atoms with Gasteiger partial charge in [0.1, 0.15) is 0 Å². The van der Waals surface area contributed by atoms with Crippen molar-refractivity contribution in [2.75, 3.05) is 13.1 Å². The van der Waals surface area contributed by atoms with Crippen LogP contribution < -0.4 is 16.0 Å². The molecule has 3 N–H and O–H groups in total. The molecule has 0 aromatic carbocycles. The number of hydrogen-bond donors (Lipinski definition) is 3. The molecule has 3 rings (SSSR count). The summed E-state index contributed by atoms with van der Waals surface area (Å²) in [5.41, 5.74) is -0.397. The van der Waals surface area contributed by atoms with E-state index < -0.39 is 11.6 Å². The molecule has 3 heterocycles. The topological polar surface area (TPSA) is 83.1 Å². The number of pyridine rings is 1. The van der Waals surface area contributed by atoms with Gasteiger partial charge in [-0.15, -0.1) is 12.4 Å². The first kappa shape index (κ1) is 14.7. The van der Waals surface area contributed by atoms with Gasteiger partial charge in [-0.25, -0.2) is 4.79 Å². The molecule has 2 aliphatic heterocycles. The Morgan fingerprint density at radius 3 is 2.50 bits per heavy atom. The normalized spacial score (nSPS) is 26.6. The Kier molecular flexibility index (Phi) is 4.25. The Hall–Kier alpha value is -1.66.